The van der Waals surface area contributed by atoms with Crippen molar-refractivity contribution < 1.29 is 18.7 Å². The predicted octanol–water partition coefficient (Wildman–Crippen LogP) is 3.46. The highest BCUT2D eigenvalue weighted by molar-refractivity contribution is 6.06. The van der Waals surface area contributed by atoms with Gasteiger partial charge in [-0.3, -0.25) is 4.79 Å². The van der Waals surface area contributed by atoms with Gasteiger partial charge in [0, 0.05) is 18.7 Å². The summed E-state index contributed by atoms with van der Waals surface area (Å²) in [5.41, 5.74) is 1.56. The third-order valence-electron chi connectivity index (χ3n) is 4.25. The Labute approximate surface area is 145 Å². The molecule has 1 saturated heterocycles. The number of esters is 1. The van der Waals surface area contributed by atoms with Crippen LogP contribution in [0, 0.1) is 5.82 Å². The molecule has 0 saturated carbocycles. The molecule has 3 rings (SSSR count). The monoisotopic (exact) mass is 342 g/mol. The molecular weight excluding hydrogens is 323 g/mol. The Kier molecular flexibility index (Phi) is 4.97. The molecule has 2 aromatic rings. The van der Waals surface area contributed by atoms with Gasteiger partial charge in [-0.05, 0) is 49.2 Å². The third kappa shape index (κ3) is 3.63. The van der Waals surface area contributed by atoms with Crippen molar-refractivity contribution in [3.05, 3.63) is 59.4 Å². The number of amides is 1. The molecule has 0 aromatic heterocycles. The van der Waals surface area contributed by atoms with Gasteiger partial charge in [-0.15, -0.1) is 0 Å². The van der Waals surface area contributed by atoms with E-state index in [4.69, 9.17) is 0 Å². The molecule has 0 radical (unpaired) electrons. The molecular formula is C19H19FN2O3. The van der Waals surface area contributed by atoms with Crippen LogP contribution >= 0.6 is 0 Å². The molecule has 1 heterocycles. The van der Waals surface area contributed by atoms with Crippen molar-refractivity contribution in [2.45, 2.75) is 12.8 Å². The lowest BCUT2D eigenvalue weighted by Gasteiger charge is -2.22. The van der Waals surface area contributed by atoms with E-state index in [1.807, 2.05) is 6.07 Å². The van der Waals surface area contributed by atoms with Crippen molar-refractivity contribution >= 4 is 23.3 Å². The maximum absolute atomic E-state index is 14.3. The van der Waals surface area contributed by atoms with Gasteiger partial charge in [0.05, 0.1) is 18.4 Å². The van der Waals surface area contributed by atoms with Crippen LogP contribution in [0.2, 0.25) is 0 Å². The van der Waals surface area contributed by atoms with Gasteiger partial charge >= 0.3 is 5.97 Å². The molecule has 2 aromatic carbocycles. The van der Waals surface area contributed by atoms with Crippen molar-refractivity contribution in [1.82, 2.24) is 0 Å². The molecule has 0 spiro atoms. The number of rotatable bonds is 4. The first-order chi connectivity index (χ1) is 12.1. The predicted molar refractivity (Wildman–Crippen MR) is 93.6 cm³/mol. The number of carbonyl (C=O) groups excluding carboxylic acids is 2. The fourth-order valence-corrected chi connectivity index (χ4v) is 2.92. The molecule has 0 bridgehead atoms. The number of nitrogens with zero attached hydrogens (tertiary/aromatic N) is 1. The van der Waals surface area contributed by atoms with E-state index >= 15 is 0 Å². The Balaban J connectivity index is 1.82. The molecule has 5 nitrogen and oxygen atoms in total. The van der Waals surface area contributed by atoms with Gasteiger partial charge in [0.2, 0.25) is 0 Å². The fourth-order valence-electron chi connectivity index (χ4n) is 2.92. The number of methoxy groups -OCH3 is 1. The zero-order valence-electron chi connectivity index (χ0n) is 13.9. The smallest absolute Gasteiger partial charge is 0.337 e. The summed E-state index contributed by atoms with van der Waals surface area (Å²) < 4.78 is 18.9. The minimum Gasteiger partial charge on any atom is -0.465 e. The maximum atomic E-state index is 14.3. The molecule has 0 atom stereocenters. The number of para-hydroxylation sites is 1. The lowest BCUT2D eigenvalue weighted by molar-refractivity contribution is 0.0600. The van der Waals surface area contributed by atoms with Crippen LogP contribution in [-0.2, 0) is 4.74 Å². The Morgan fingerprint density at radius 1 is 1.04 bits per heavy atom. The second-order valence-electron chi connectivity index (χ2n) is 5.85. The molecule has 1 aliphatic heterocycles. The van der Waals surface area contributed by atoms with Crippen LogP contribution in [0.3, 0.4) is 0 Å². The topological polar surface area (TPSA) is 58.6 Å². The normalized spacial score (nSPS) is 13.6. The average molecular weight is 342 g/mol. The van der Waals surface area contributed by atoms with Gasteiger partial charge < -0.3 is 15.0 Å². The first-order valence-corrected chi connectivity index (χ1v) is 8.13. The highest BCUT2D eigenvalue weighted by atomic mass is 19.1. The van der Waals surface area contributed by atoms with Crippen LogP contribution in [0.25, 0.3) is 0 Å². The molecule has 0 unspecified atom stereocenters. The van der Waals surface area contributed by atoms with E-state index in [2.05, 4.69) is 15.0 Å². The number of halogens is 1. The quantitative estimate of drug-likeness (QED) is 0.865. The zero-order valence-corrected chi connectivity index (χ0v) is 13.9. The Bertz CT molecular complexity index is 784. The van der Waals surface area contributed by atoms with E-state index in [0.29, 0.717) is 16.8 Å². The number of nitrogens with one attached hydrogen (secondary N) is 1. The third-order valence-corrected chi connectivity index (χ3v) is 4.25. The van der Waals surface area contributed by atoms with E-state index < -0.39 is 17.7 Å². The number of carbonyl (C=O) groups is 2. The lowest BCUT2D eigenvalue weighted by atomic mass is 10.1. The van der Waals surface area contributed by atoms with Crippen LogP contribution in [0.15, 0.2) is 42.5 Å². The van der Waals surface area contributed by atoms with Crippen molar-refractivity contribution in [3.63, 3.8) is 0 Å². The molecule has 25 heavy (non-hydrogen) atoms. The molecule has 130 valence electrons. The minimum atomic E-state index is -0.475. The van der Waals surface area contributed by atoms with E-state index in [-0.39, 0.29) is 5.69 Å². The summed E-state index contributed by atoms with van der Waals surface area (Å²) in [6, 6.07) is 10.8. The summed E-state index contributed by atoms with van der Waals surface area (Å²) in [6.45, 7) is 1.69. The summed E-state index contributed by atoms with van der Waals surface area (Å²) in [6.07, 6.45) is 2.11. The first kappa shape index (κ1) is 17.0. The lowest BCUT2D eigenvalue weighted by Crippen LogP contribution is -2.22. The first-order valence-electron chi connectivity index (χ1n) is 8.13. The summed E-state index contributed by atoms with van der Waals surface area (Å²) in [5.74, 6) is -1.37. The van der Waals surface area contributed by atoms with Crippen molar-refractivity contribution in [2.75, 3.05) is 30.4 Å². The van der Waals surface area contributed by atoms with Gasteiger partial charge in [0.1, 0.15) is 11.5 Å². The highest BCUT2D eigenvalue weighted by Gasteiger charge is 2.20. The number of benzene rings is 2. The van der Waals surface area contributed by atoms with E-state index in [1.165, 1.54) is 37.4 Å². The average Bonchev–Trinajstić information content (AvgIpc) is 3.17. The summed E-state index contributed by atoms with van der Waals surface area (Å²) >= 11 is 0. The van der Waals surface area contributed by atoms with Crippen molar-refractivity contribution in [3.8, 4) is 0 Å². The SMILES string of the molecule is COC(=O)c1ccc(C(=O)Nc2c(F)cccc2N2CCCC2)cc1. The number of hydrogen-bond donors (Lipinski definition) is 1. The van der Waals surface area contributed by atoms with Crippen molar-refractivity contribution in [2.24, 2.45) is 0 Å². The van der Waals surface area contributed by atoms with E-state index in [0.717, 1.165) is 25.9 Å². The van der Waals surface area contributed by atoms with Crippen LogP contribution in [-0.4, -0.2) is 32.1 Å². The second kappa shape index (κ2) is 7.34. The molecule has 1 N–H and O–H groups in total. The minimum absolute atomic E-state index is 0.187. The van der Waals surface area contributed by atoms with Gasteiger partial charge in [-0.25, -0.2) is 9.18 Å². The molecule has 0 aliphatic carbocycles. The molecule has 1 fully saturated rings. The number of hydrogen-bond acceptors (Lipinski definition) is 4. The Morgan fingerprint density at radius 3 is 2.32 bits per heavy atom. The van der Waals surface area contributed by atoms with Crippen LogP contribution in [0.1, 0.15) is 33.6 Å². The van der Waals surface area contributed by atoms with Gasteiger partial charge in [-0.1, -0.05) is 6.07 Å². The maximum Gasteiger partial charge on any atom is 0.337 e. The molecule has 1 aliphatic rings. The fraction of sp³-hybridized carbons (Fsp3) is 0.263. The zero-order chi connectivity index (χ0) is 17.8. The summed E-state index contributed by atoms with van der Waals surface area (Å²) in [7, 11) is 1.29. The Hall–Kier alpha value is -2.89. The van der Waals surface area contributed by atoms with Crippen LogP contribution in [0.4, 0.5) is 15.8 Å². The van der Waals surface area contributed by atoms with Crippen LogP contribution < -0.4 is 10.2 Å². The number of ether oxygens (including phenoxy) is 1. The summed E-state index contributed by atoms with van der Waals surface area (Å²) in [4.78, 5) is 26.0. The van der Waals surface area contributed by atoms with Gasteiger partial charge in [0.25, 0.3) is 5.91 Å². The van der Waals surface area contributed by atoms with E-state index in [9.17, 15) is 14.0 Å². The van der Waals surface area contributed by atoms with Gasteiger partial charge in [0.15, 0.2) is 0 Å². The Morgan fingerprint density at radius 2 is 1.68 bits per heavy atom. The second-order valence-corrected chi connectivity index (χ2v) is 5.85. The van der Waals surface area contributed by atoms with Crippen molar-refractivity contribution in [1.29, 1.82) is 0 Å². The summed E-state index contributed by atoms with van der Waals surface area (Å²) in [5, 5.41) is 2.66. The molecule has 6 heteroatoms. The largest absolute Gasteiger partial charge is 0.465 e. The van der Waals surface area contributed by atoms with Gasteiger partial charge in [-0.2, -0.15) is 0 Å². The van der Waals surface area contributed by atoms with E-state index in [1.54, 1.807) is 6.07 Å². The molecule has 1 amide bonds. The number of anilines is 2. The standard InChI is InChI=1S/C19H19FN2O3/c1-25-19(24)14-9-7-13(8-10-14)18(23)21-17-15(20)5-4-6-16(17)22-11-2-3-12-22/h4-10H,2-3,11-12H2,1H3,(H,21,23). The highest BCUT2D eigenvalue weighted by Crippen LogP contribution is 2.31. The van der Waals surface area contributed by atoms with Crippen LogP contribution in [0.5, 0.6) is 0 Å².